The number of ether oxygens (including phenoxy) is 3. The molecule has 4 rings (SSSR count). The largest absolute Gasteiger partial charge is 0.486 e. The summed E-state index contributed by atoms with van der Waals surface area (Å²) in [6.07, 6.45) is -0.454. The number of carbonyl (C=O) groups excluding carboxylic acids is 2. The molecular weight excluding hydrogens is 444 g/mol. The highest BCUT2D eigenvalue weighted by molar-refractivity contribution is 7.91. The molecule has 2 aromatic rings. The molecule has 32 heavy (non-hydrogen) atoms. The van der Waals surface area contributed by atoms with Gasteiger partial charge in [0.15, 0.2) is 11.5 Å². The summed E-state index contributed by atoms with van der Waals surface area (Å²) in [5, 5.41) is 6.77. The molecule has 12 nitrogen and oxygen atoms in total. The number of sulfone groups is 1. The van der Waals surface area contributed by atoms with E-state index in [4.69, 9.17) is 18.6 Å². The summed E-state index contributed by atoms with van der Waals surface area (Å²) in [7, 11) is -4.14. The fourth-order valence-corrected chi connectivity index (χ4v) is 4.30. The first-order valence-corrected chi connectivity index (χ1v) is 11.7. The zero-order valence-corrected chi connectivity index (χ0v) is 18.2. The van der Waals surface area contributed by atoms with Crippen LogP contribution in [-0.2, 0) is 19.4 Å². The second-order valence-electron chi connectivity index (χ2n) is 7.06. The molecule has 0 atom stereocenters. The Labute approximate surface area is 184 Å². The normalized spacial score (nSPS) is 16.0. The Morgan fingerprint density at radius 3 is 2.44 bits per heavy atom. The molecule has 0 bridgehead atoms. The maximum absolute atomic E-state index is 12.6. The maximum atomic E-state index is 12.6. The van der Waals surface area contributed by atoms with Crippen molar-refractivity contribution in [3.8, 4) is 23.0 Å². The van der Waals surface area contributed by atoms with Gasteiger partial charge in [0, 0.05) is 31.7 Å². The molecule has 0 saturated carbocycles. The molecule has 0 aliphatic carbocycles. The van der Waals surface area contributed by atoms with Crippen LogP contribution in [0.3, 0.4) is 0 Å². The SMILES string of the molecule is CCOC(=O)N1CCN(C(=O)CS(=O)(=O)c2nnc(-c3ccc4c(c3)OCCO4)o2)CC1. The summed E-state index contributed by atoms with van der Waals surface area (Å²) < 4.78 is 46.5. The highest BCUT2D eigenvalue weighted by atomic mass is 32.2. The Hall–Kier alpha value is -3.35. The number of hydrogen-bond acceptors (Lipinski definition) is 10. The predicted molar refractivity (Wildman–Crippen MR) is 108 cm³/mol. The summed E-state index contributed by atoms with van der Waals surface area (Å²) in [5.41, 5.74) is 0.463. The minimum Gasteiger partial charge on any atom is -0.486 e. The van der Waals surface area contributed by atoms with Crippen molar-refractivity contribution in [3.05, 3.63) is 18.2 Å². The van der Waals surface area contributed by atoms with Gasteiger partial charge in [0.05, 0.1) is 6.61 Å². The molecule has 13 heteroatoms. The van der Waals surface area contributed by atoms with Crippen LogP contribution >= 0.6 is 0 Å². The van der Waals surface area contributed by atoms with Gasteiger partial charge in [-0.1, -0.05) is 5.10 Å². The van der Waals surface area contributed by atoms with Crippen molar-refractivity contribution in [2.75, 3.05) is 51.8 Å². The van der Waals surface area contributed by atoms with Crippen LogP contribution in [0.4, 0.5) is 4.79 Å². The van der Waals surface area contributed by atoms with E-state index in [2.05, 4.69) is 10.2 Å². The van der Waals surface area contributed by atoms with Gasteiger partial charge in [-0.2, -0.15) is 0 Å². The van der Waals surface area contributed by atoms with Crippen LogP contribution in [-0.4, -0.2) is 92.2 Å². The smallest absolute Gasteiger partial charge is 0.409 e. The van der Waals surface area contributed by atoms with Crippen molar-refractivity contribution >= 4 is 21.8 Å². The third kappa shape index (κ3) is 4.61. The molecule has 2 aliphatic rings. The summed E-state index contributed by atoms with van der Waals surface area (Å²) in [6, 6.07) is 4.93. The molecule has 0 radical (unpaired) electrons. The molecule has 1 saturated heterocycles. The molecule has 1 aromatic heterocycles. The van der Waals surface area contributed by atoms with Gasteiger partial charge in [-0.15, -0.1) is 5.10 Å². The third-order valence-corrected chi connectivity index (χ3v) is 6.26. The van der Waals surface area contributed by atoms with E-state index in [0.717, 1.165) is 0 Å². The van der Waals surface area contributed by atoms with Crippen LogP contribution in [0.15, 0.2) is 27.8 Å². The second kappa shape index (κ2) is 9.02. The van der Waals surface area contributed by atoms with Gasteiger partial charge in [-0.05, 0) is 25.1 Å². The molecule has 3 heterocycles. The van der Waals surface area contributed by atoms with Crippen LogP contribution in [0, 0.1) is 0 Å². The highest BCUT2D eigenvalue weighted by Crippen LogP contribution is 2.34. The predicted octanol–water partition coefficient (Wildman–Crippen LogP) is 0.582. The first-order chi connectivity index (χ1) is 15.4. The second-order valence-corrected chi connectivity index (χ2v) is 8.92. The number of fused-ring (bicyclic) bond motifs is 1. The number of benzene rings is 1. The van der Waals surface area contributed by atoms with Crippen LogP contribution in [0.1, 0.15) is 6.92 Å². The first-order valence-electron chi connectivity index (χ1n) is 10.0. The number of hydrogen-bond donors (Lipinski definition) is 0. The standard InChI is InChI=1S/C19H22N4O8S/c1-2-28-19(25)23-7-5-22(6-8-23)16(24)12-32(26,27)18-21-20-17(31-18)13-3-4-14-15(11-13)30-10-9-29-14/h3-4,11H,2,5-10,12H2,1H3. The number of amides is 2. The minimum absolute atomic E-state index is 0.0175. The van der Waals surface area contributed by atoms with Gasteiger partial charge in [0.1, 0.15) is 19.0 Å². The van der Waals surface area contributed by atoms with Crippen LogP contribution in [0.5, 0.6) is 11.5 Å². The topological polar surface area (TPSA) is 141 Å². The molecule has 2 amide bonds. The Balaban J connectivity index is 1.40. The van der Waals surface area contributed by atoms with E-state index >= 15 is 0 Å². The lowest BCUT2D eigenvalue weighted by molar-refractivity contribution is -0.130. The molecule has 1 fully saturated rings. The van der Waals surface area contributed by atoms with Crippen LogP contribution in [0.25, 0.3) is 11.5 Å². The lowest BCUT2D eigenvalue weighted by atomic mass is 10.2. The molecule has 0 spiro atoms. The lowest BCUT2D eigenvalue weighted by Gasteiger charge is -2.33. The lowest BCUT2D eigenvalue weighted by Crippen LogP contribution is -2.51. The average Bonchev–Trinajstić information content (AvgIpc) is 3.30. The maximum Gasteiger partial charge on any atom is 0.409 e. The highest BCUT2D eigenvalue weighted by Gasteiger charge is 2.31. The Bertz CT molecular complexity index is 1110. The fraction of sp³-hybridized carbons (Fsp3) is 0.474. The third-order valence-electron chi connectivity index (χ3n) is 4.93. The van der Waals surface area contributed by atoms with Gasteiger partial charge < -0.3 is 28.4 Å². The average molecular weight is 466 g/mol. The van der Waals surface area contributed by atoms with E-state index in [1.165, 1.54) is 9.80 Å². The fourth-order valence-electron chi connectivity index (χ4n) is 3.30. The summed E-state index contributed by atoms with van der Waals surface area (Å²) >= 11 is 0. The van der Waals surface area contributed by atoms with Gasteiger partial charge in [0.2, 0.25) is 21.6 Å². The van der Waals surface area contributed by atoms with Crippen molar-refractivity contribution in [3.63, 3.8) is 0 Å². The van der Waals surface area contributed by atoms with Crippen molar-refractivity contribution in [1.29, 1.82) is 0 Å². The van der Waals surface area contributed by atoms with Crippen LogP contribution in [0.2, 0.25) is 0 Å². The zero-order chi connectivity index (χ0) is 22.7. The van der Waals surface area contributed by atoms with Crippen molar-refractivity contribution < 1.29 is 36.6 Å². The van der Waals surface area contributed by atoms with Crippen LogP contribution < -0.4 is 9.47 Å². The number of carbonyl (C=O) groups is 2. The van der Waals surface area contributed by atoms with E-state index in [1.54, 1.807) is 25.1 Å². The first kappa shape index (κ1) is 21.9. The van der Waals surface area contributed by atoms with Gasteiger partial charge in [0.25, 0.3) is 0 Å². The molecule has 0 N–H and O–H groups in total. The van der Waals surface area contributed by atoms with E-state index in [-0.39, 0.29) is 38.7 Å². The van der Waals surface area contributed by atoms with Gasteiger partial charge in [-0.3, -0.25) is 4.79 Å². The number of nitrogens with zero attached hydrogens (tertiary/aromatic N) is 4. The monoisotopic (exact) mass is 466 g/mol. The Kier molecular flexibility index (Phi) is 6.17. The van der Waals surface area contributed by atoms with E-state index in [0.29, 0.717) is 30.3 Å². The van der Waals surface area contributed by atoms with E-state index < -0.39 is 32.8 Å². The van der Waals surface area contributed by atoms with Gasteiger partial charge >= 0.3 is 11.3 Å². The molecule has 1 aromatic carbocycles. The summed E-state index contributed by atoms with van der Waals surface area (Å²) in [5.74, 6) is -0.368. The number of rotatable bonds is 5. The van der Waals surface area contributed by atoms with Crippen molar-refractivity contribution in [2.24, 2.45) is 0 Å². The Morgan fingerprint density at radius 2 is 1.72 bits per heavy atom. The van der Waals surface area contributed by atoms with Crippen molar-refractivity contribution in [2.45, 2.75) is 12.1 Å². The summed E-state index contributed by atoms with van der Waals surface area (Å²) in [6.45, 7) is 3.75. The minimum atomic E-state index is -4.14. The Morgan fingerprint density at radius 1 is 1.03 bits per heavy atom. The number of aromatic nitrogens is 2. The van der Waals surface area contributed by atoms with E-state index in [1.807, 2.05) is 0 Å². The molecular formula is C19H22N4O8S. The molecule has 0 unspecified atom stereocenters. The molecule has 2 aliphatic heterocycles. The number of piperazine rings is 1. The quantitative estimate of drug-likeness (QED) is 0.614. The van der Waals surface area contributed by atoms with Crippen molar-refractivity contribution in [1.82, 2.24) is 20.0 Å². The summed E-state index contributed by atoms with van der Waals surface area (Å²) in [4.78, 5) is 27.1. The molecule has 172 valence electrons. The zero-order valence-electron chi connectivity index (χ0n) is 17.4. The van der Waals surface area contributed by atoms with Gasteiger partial charge in [-0.25, -0.2) is 13.2 Å². The van der Waals surface area contributed by atoms with E-state index in [9.17, 15) is 18.0 Å².